The number of benzene rings is 1. The lowest BCUT2D eigenvalue weighted by Crippen LogP contribution is -2.11. The monoisotopic (exact) mass is 244 g/mol. The zero-order valence-corrected chi connectivity index (χ0v) is 10.4. The van der Waals surface area contributed by atoms with E-state index in [2.05, 4.69) is 15.3 Å². The second-order valence-corrected chi connectivity index (χ2v) is 4.07. The van der Waals surface area contributed by atoms with Gasteiger partial charge < -0.3 is 21.7 Å². The summed E-state index contributed by atoms with van der Waals surface area (Å²) in [7, 11) is 3.95. The van der Waals surface area contributed by atoms with Crippen molar-refractivity contribution in [1.82, 2.24) is 9.97 Å². The fraction of sp³-hybridized carbons (Fsp3) is 0.167. The summed E-state index contributed by atoms with van der Waals surface area (Å²) in [6.07, 6.45) is 0. The van der Waals surface area contributed by atoms with Crippen LogP contribution in [-0.2, 0) is 0 Å². The Morgan fingerprint density at radius 2 is 1.83 bits per heavy atom. The molecule has 1 heterocycles. The van der Waals surface area contributed by atoms with Crippen LogP contribution in [0.25, 0.3) is 0 Å². The van der Waals surface area contributed by atoms with E-state index in [-0.39, 0.29) is 5.95 Å². The molecule has 0 bridgehead atoms. The fourth-order valence-electron chi connectivity index (χ4n) is 1.66. The van der Waals surface area contributed by atoms with Gasteiger partial charge in [-0.1, -0.05) is 12.1 Å². The lowest BCUT2D eigenvalue weighted by molar-refractivity contribution is 1.13. The highest BCUT2D eigenvalue weighted by Gasteiger charge is 2.05. The van der Waals surface area contributed by atoms with Crippen LogP contribution in [0.5, 0.6) is 0 Å². The number of hydrogen-bond acceptors (Lipinski definition) is 6. The van der Waals surface area contributed by atoms with Crippen LogP contribution in [0.3, 0.4) is 0 Å². The largest absolute Gasteiger partial charge is 0.383 e. The predicted molar refractivity (Wildman–Crippen MR) is 74.9 cm³/mol. The van der Waals surface area contributed by atoms with Gasteiger partial charge in [0.2, 0.25) is 5.95 Å². The molecule has 0 unspecified atom stereocenters. The van der Waals surface area contributed by atoms with Crippen molar-refractivity contribution in [3.8, 4) is 0 Å². The average Bonchev–Trinajstić information content (AvgIpc) is 2.27. The first-order valence-corrected chi connectivity index (χ1v) is 5.49. The van der Waals surface area contributed by atoms with Crippen molar-refractivity contribution >= 4 is 29.0 Å². The summed E-state index contributed by atoms with van der Waals surface area (Å²) >= 11 is 0. The fourth-order valence-corrected chi connectivity index (χ4v) is 1.66. The predicted octanol–water partition coefficient (Wildman–Crippen LogP) is 1.45. The van der Waals surface area contributed by atoms with E-state index in [9.17, 15) is 0 Å². The van der Waals surface area contributed by atoms with Gasteiger partial charge in [0.05, 0.1) is 11.4 Å². The van der Waals surface area contributed by atoms with Crippen LogP contribution in [0.1, 0.15) is 0 Å². The summed E-state index contributed by atoms with van der Waals surface area (Å²) in [6, 6.07) is 9.54. The molecule has 0 fully saturated rings. The molecule has 6 nitrogen and oxygen atoms in total. The maximum absolute atomic E-state index is 5.63. The van der Waals surface area contributed by atoms with Gasteiger partial charge in [0.25, 0.3) is 0 Å². The van der Waals surface area contributed by atoms with Gasteiger partial charge in [-0.15, -0.1) is 0 Å². The van der Waals surface area contributed by atoms with Crippen molar-refractivity contribution in [2.45, 2.75) is 0 Å². The van der Waals surface area contributed by atoms with Crippen LogP contribution in [0.2, 0.25) is 0 Å². The number of aromatic nitrogens is 2. The highest BCUT2D eigenvalue weighted by Crippen LogP contribution is 2.26. The third-order valence-electron chi connectivity index (χ3n) is 2.41. The molecule has 0 spiro atoms. The molecular weight excluding hydrogens is 228 g/mol. The average molecular weight is 244 g/mol. The summed E-state index contributed by atoms with van der Waals surface area (Å²) in [5.41, 5.74) is 13.2. The van der Waals surface area contributed by atoms with Gasteiger partial charge in [-0.2, -0.15) is 9.97 Å². The number of nitrogens with two attached hydrogens (primary N) is 2. The molecule has 0 aliphatic carbocycles. The van der Waals surface area contributed by atoms with Crippen LogP contribution >= 0.6 is 0 Å². The number of nitrogen functional groups attached to an aromatic ring is 2. The molecule has 1 aromatic carbocycles. The molecule has 0 aliphatic heterocycles. The van der Waals surface area contributed by atoms with Gasteiger partial charge >= 0.3 is 0 Å². The van der Waals surface area contributed by atoms with Crippen LogP contribution < -0.4 is 21.7 Å². The molecule has 0 saturated heterocycles. The molecular formula is C12H16N6. The lowest BCUT2D eigenvalue weighted by Gasteiger charge is -2.18. The molecule has 2 aromatic rings. The Labute approximate surface area is 106 Å². The number of rotatable bonds is 3. The SMILES string of the molecule is CN(C)c1ccccc1Nc1cc(N)nc(N)n1. The Morgan fingerprint density at radius 1 is 1.11 bits per heavy atom. The van der Waals surface area contributed by atoms with Crippen LogP contribution in [0.15, 0.2) is 30.3 Å². The minimum Gasteiger partial charge on any atom is -0.383 e. The molecule has 0 aliphatic rings. The lowest BCUT2D eigenvalue weighted by atomic mass is 10.2. The Kier molecular flexibility index (Phi) is 3.18. The highest BCUT2D eigenvalue weighted by atomic mass is 15.1. The molecule has 2 rings (SSSR count). The number of hydrogen-bond donors (Lipinski definition) is 3. The molecule has 94 valence electrons. The summed E-state index contributed by atoms with van der Waals surface area (Å²) < 4.78 is 0. The van der Waals surface area contributed by atoms with Crippen LogP contribution in [-0.4, -0.2) is 24.1 Å². The molecule has 0 radical (unpaired) electrons. The highest BCUT2D eigenvalue weighted by molar-refractivity contribution is 5.74. The van der Waals surface area contributed by atoms with E-state index in [1.807, 2.05) is 43.3 Å². The van der Waals surface area contributed by atoms with E-state index >= 15 is 0 Å². The topological polar surface area (TPSA) is 93.1 Å². The second-order valence-electron chi connectivity index (χ2n) is 4.07. The summed E-state index contributed by atoms with van der Waals surface area (Å²) in [6.45, 7) is 0. The van der Waals surface area contributed by atoms with Crippen molar-refractivity contribution in [2.75, 3.05) is 35.8 Å². The van der Waals surface area contributed by atoms with Crippen LogP contribution in [0.4, 0.5) is 29.0 Å². The standard InChI is InChI=1S/C12H16N6/c1-18(2)9-6-4-3-5-8(9)15-11-7-10(13)16-12(14)17-11/h3-7H,1-2H3,(H5,13,14,15,16,17). The zero-order valence-electron chi connectivity index (χ0n) is 10.4. The Balaban J connectivity index is 2.34. The smallest absolute Gasteiger partial charge is 0.223 e. The first-order chi connectivity index (χ1) is 8.56. The first-order valence-electron chi connectivity index (χ1n) is 5.49. The van der Waals surface area contributed by atoms with E-state index in [0.717, 1.165) is 11.4 Å². The normalized spacial score (nSPS) is 10.1. The number of para-hydroxylation sites is 2. The van der Waals surface area contributed by atoms with E-state index in [4.69, 9.17) is 11.5 Å². The maximum atomic E-state index is 5.63. The van der Waals surface area contributed by atoms with E-state index in [1.54, 1.807) is 6.07 Å². The second kappa shape index (κ2) is 4.79. The molecule has 6 heteroatoms. The molecule has 1 aromatic heterocycles. The van der Waals surface area contributed by atoms with Crippen molar-refractivity contribution in [1.29, 1.82) is 0 Å². The summed E-state index contributed by atoms with van der Waals surface area (Å²) in [5.74, 6) is 1.07. The number of nitrogens with one attached hydrogen (secondary N) is 1. The molecule has 0 saturated carbocycles. The van der Waals surface area contributed by atoms with E-state index < -0.39 is 0 Å². The van der Waals surface area contributed by atoms with E-state index in [0.29, 0.717) is 11.6 Å². The van der Waals surface area contributed by atoms with Gasteiger partial charge in [0.15, 0.2) is 0 Å². The van der Waals surface area contributed by atoms with Gasteiger partial charge in [-0.25, -0.2) is 0 Å². The quantitative estimate of drug-likeness (QED) is 0.756. The van der Waals surface area contributed by atoms with Crippen molar-refractivity contribution in [3.63, 3.8) is 0 Å². The number of nitrogens with zero attached hydrogens (tertiary/aromatic N) is 3. The summed E-state index contributed by atoms with van der Waals surface area (Å²) in [5, 5.41) is 3.18. The zero-order chi connectivity index (χ0) is 13.1. The van der Waals surface area contributed by atoms with Gasteiger partial charge in [0, 0.05) is 20.2 Å². The minimum atomic E-state index is 0.153. The Bertz CT molecular complexity index is 532. The first kappa shape index (κ1) is 12.0. The third-order valence-corrected chi connectivity index (χ3v) is 2.41. The maximum Gasteiger partial charge on any atom is 0.223 e. The number of anilines is 5. The molecule has 18 heavy (non-hydrogen) atoms. The van der Waals surface area contributed by atoms with Crippen molar-refractivity contribution < 1.29 is 0 Å². The minimum absolute atomic E-state index is 0.153. The molecule has 5 N–H and O–H groups in total. The third kappa shape index (κ3) is 2.60. The van der Waals surface area contributed by atoms with Gasteiger partial charge in [-0.3, -0.25) is 0 Å². The van der Waals surface area contributed by atoms with Crippen molar-refractivity contribution in [3.05, 3.63) is 30.3 Å². The molecule has 0 atom stereocenters. The Morgan fingerprint density at radius 3 is 2.50 bits per heavy atom. The van der Waals surface area contributed by atoms with Gasteiger partial charge in [0.1, 0.15) is 11.6 Å². The Hall–Kier alpha value is -2.50. The van der Waals surface area contributed by atoms with Crippen molar-refractivity contribution in [2.24, 2.45) is 0 Å². The summed E-state index contributed by atoms with van der Waals surface area (Å²) in [4.78, 5) is 9.92. The molecule has 0 amide bonds. The van der Waals surface area contributed by atoms with Gasteiger partial charge in [-0.05, 0) is 12.1 Å². The van der Waals surface area contributed by atoms with E-state index in [1.165, 1.54) is 0 Å². The van der Waals surface area contributed by atoms with Crippen LogP contribution in [0, 0.1) is 0 Å².